The van der Waals surface area contributed by atoms with Crippen LogP contribution in [0, 0.1) is 5.92 Å². The molecular formula is C22H28ClN5O. The normalized spacial score (nSPS) is 19.4. The summed E-state index contributed by atoms with van der Waals surface area (Å²) in [5.41, 5.74) is 0.976. The monoisotopic (exact) mass is 413 g/mol. The topological polar surface area (TPSA) is 66.2 Å². The zero-order chi connectivity index (χ0) is 20.2. The highest BCUT2D eigenvalue weighted by Gasteiger charge is 2.22. The van der Waals surface area contributed by atoms with Gasteiger partial charge in [-0.2, -0.15) is 4.98 Å². The van der Waals surface area contributed by atoms with E-state index < -0.39 is 0 Å². The number of hydrogen-bond donors (Lipinski definition) is 2. The Labute approximate surface area is 176 Å². The third kappa shape index (κ3) is 5.00. The van der Waals surface area contributed by atoms with Gasteiger partial charge in [0, 0.05) is 25.5 Å². The number of furan rings is 1. The van der Waals surface area contributed by atoms with Crippen LogP contribution in [-0.4, -0.2) is 36.6 Å². The molecule has 1 aromatic carbocycles. The summed E-state index contributed by atoms with van der Waals surface area (Å²) in [7, 11) is 4.04. The summed E-state index contributed by atoms with van der Waals surface area (Å²) in [4.78, 5) is 11.5. The number of fused-ring (bicyclic) bond motifs is 1. The molecule has 4 rings (SSSR count). The molecule has 0 amide bonds. The maximum atomic E-state index is 5.82. The predicted molar refractivity (Wildman–Crippen MR) is 119 cm³/mol. The molecule has 1 aliphatic rings. The zero-order valence-electron chi connectivity index (χ0n) is 17.0. The Morgan fingerprint density at radius 2 is 1.86 bits per heavy atom. The number of benzene rings is 1. The lowest BCUT2D eigenvalue weighted by atomic mass is 9.86. The van der Waals surface area contributed by atoms with Crippen LogP contribution in [-0.2, 0) is 6.54 Å². The summed E-state index contributed by atoms with van der Waals surface area (Å²) in [6.45, 7) is 1.73. The molecule has 0 radical (unpaired) electrons. The lowest BCUT2D eigenvalue weighted by Gasteiger charge is -2.29. The lowest BCUT2D eigenvalue weighted by Crippen LogP contribution is -2.31. The van der Waals surface area contributed by atoms with Crippen LogP contribution in [0.1, 0.15) is 31.4 Å². The minimum absolute atomic E-state index is 0.423. The van der Waals surface area contributed by atoms with Crippen molar-refractivity contribution >= 4 is 34.3 Å². The number of halogens is 1. The molecule has 0 saturated heterocycles. The summed E-state index contributed by atoms with van der Waals surface area (Å²) < 4.78 is 5.39. The molecule has 1 aliphatic carbocycles. The standard InChI is InChI=1S/C22H28ClN5O/c1-28(2)21-18-5-3-4-6-19(18)26-22(27-21)25-16-9-7-15(8-10-16)13-24-14-17-11-12-20(23)29-17/h3-6,11-12,15-16,24H,7-10,13-14H2,1-2H3,(H,25,26,27). The van der Waals surface area contributed by atoms with Crippen molar-refractivity contribution in [3.05, 3.63) is 47.4 Å². The summed E-state index contributed by atoms with van der Waals surface area (Å²) >= 11 is 5.82. The van der Waals surface area contributed by atoms with Crippen molar-refractivity contribution < 1.29 is 4.42 Å². The number of anilines is 2. The van der Waals surface area contributed by atoms with Crippen LogP contribution in [0.3, 0.4) is 0 Å². The molecule has 0 atom stereocenters. The Morgan fingerprint density at radius 1 is 1.07 bits per heavy atom. The van der Waals surface area contributed by atoms with Crippen LogP contribution in [0.2, 0.25) is 5.22 Å². The van der Waals surface area contributed by atoms with Crippen molar-refractivity contribution in [3.63, 3.8) is 0 Å². The molecule has 2 aromatic heterocycles. The summed E-state index contributed by atoms with van der Waals surface area (Å²) in [5, 5.41) is 8.59. The second-order valence-electron chi connectivity index (χ2n) is 7.98. The zero-order valence-corrected chi connectivity index (χ0v) is 17.7. The van der Waals surface area contributed by atoms with E-state index in [9.17, 15) is 0 Å². The molecule has 2 heterocycles. The first-order valence-electron chi connectivity index (χ1n) is 10.2. The molecule has 7 heteroatoms. The Kier molecular flexibility index (Phi) is 6.21. The highest BCUT2D eigenvalue weighted by atomic mass is 35.5. The Morgan fingerprint density at radius 3 is 2.59 bits per heavy atom. The van der Waals surface area contributed by atoms with Crippen LogP contribution in [0.4, 0.5) is 11.8 Å². The molecule has 6 nitrogen and oxygen atoms in total. The molecule has 0 aliphatic heterocycles. The van der Waals surface area contributed by atoms with Gasteiger partial charge in [0.25, 0.3) is 0 Å². The van der Waals surface area contributed by atoms with Gasteiger partial charge in [0.05, 0.1) is 12.1 Å². The molecule has 0 bridgehead atoms. The van der Waals surface area contributed by atoms with E-state index in [0.29, 0.717) is 17.2 Å². The number of aromatic nitrogens is 2. The van der Waals surface area contributed by atoms with Crippen LogP contribution in [0.15, 0.2) is 40.8 Å². The number of rotatable bonds is 7. The van der Waals surface area contributed by atoms with Gasteiger partial charge in [-0.1, -0.05) is 12.1 Å². The Hall–Kier alpha value is -2.31. The third-order valence-corrected chi connectivity index (χ3v) is 5.75. The number of hydrogen-bond acceptors (Lipinski definition) is 6. The smallest absolute Gasteiger partial charge is 0.225 e. The van der Waals surface area contributed by atoms with E-state index in [0.717, 1.165) is 54.4 Å². The maximum absolute atomic E-state index is 5.82. The van der Waals surface area contributed by atoms with Gasteiger partial charge < -0.3 is 20.0 Å². The summed E-state index contributed by atoms with van der Waals surface area (Å²) in [6.07, 6.45) is 4.65. The number of nitrogens with zero attached hydrogens (tertiary/aromatic N) is 3. The minimum atomic E-state index is 0.423. The van der Waals surface area contributed by atoms with Crippen LogP contribution in [0.5, 0.6) is 0 Å². The third-order valence-electron chi connectivity index (χ3n) is 5.55. The van der Waals surface area contributed by atoms with Gasteiger partial charge in [0.1, 0.15) is 11.6 Å². The molecule has 29 heavy (non-hydrogen) atoms. The van der Waals surface area contributed by atoms with E-state index in [1.54, 1.807) is 6.07 Å². The van der Waals surface area contributed by atoms with E-state index in [1.165, 1.54) is 12.8 Å². The first-order chi connectivity index (χ1) is 14.1. The minimum Gasteiger partial charge on any atom is -0.448 e. The average molecular weight is 414 g/mol. The van der Waals surface area contributed by atoms with E-state index in [2.05, 4.69) is 16.7 Å². The summed E-state index contributed by atoms with van der Waals surface area (Å²) in [6, 6.07) is 12.3. The summed E-state index contributed by atoms with van der Waals surface area (Å²) in [5.74, 6) is 3.25. The molecule has 0 unspecified atom stereocenters. The Bertz CT molecular complexity index is 949. The van der Waals surface area contributed by atoms with Gasteiger partial charge in [0.15, 0.2) is 5.22 Å². The number of para-hydroxylation sites is 1. The fraction of sp³-hybridized carbons (Fsp3) is 0.455. The fourth-order valence-electron chi connectivity index (χ4n) is 4.01. The van der Waals surface area contributed by atoms with Crippen LogP contribution >= 0.6 is 11.6 Å². The maximum Gasteiger partial charge on any atom is 0.225 e. The van der Waals surface area contributed by atoms with E-state index in [4.69, 9.17) is 26.0 Å². The van der Waals surface area contributed by atoms with Gasteiger partial charge in [0.2, 0.25) is 5.95 Å². The second kappa shape index (κ2) is 9.01. The van der Waals surface area contributed by atoms with E-state index in [-0.39, 0.29) is 0 Å². The van der Waals surface area contributed by atoms with Crippen LogP contribution < -0.4 is 15.5 Å². The van der Waals surface area contributed by atoms with Crippen molar-refractivity contribution in [2.24, 2.45) is 5.92 Å². The quantitative estimate of drug-likeness (QED) is 0.585. The van der Waals surface area contributed by atoms with Gasteiger partial charge in [-0.15, -0.1) is 0 Å². The van der Waals surface area contributed by atoms with Crippen molar-refractivity contribution in [2.45, 2.75) is 38.3 Å². The van der Waals surface area contributed by atoms with Gasteiger partial charge in [-0.25, -0.2) is 4.98 Å². The molecule has 0 spiro atoms. The molecular weight excluding hydrogens is 386 g/mol. The highest BCUT2D eigenvalue weighted by Crippen LogP contribution is 2.28. The first-order valence-corrected chi connectivity index (χ1v) is 10.6. The molecule has 3 aromatic rings. The van der Waals surface area contributed by atoms with Gasteiger partial charge in [-0.05, 0) is 74.0 Å². The van der Waals surface area contributed by atoms with Crippen molar-refractivity contribution in [2.75, 3.05) is 30.9 Å². The van der Waals surface area contributed by atoms with Crippen molar-refractivity contribution in [1.82, 2.24) is 15.3 Å². The Balaban J connectivity index is 1.30. The van der Waals surface area contributed by atoms with Crippen LogP contribution in [0.25, 0.3) is 10.9 Å². The molecule has 1 saturated carbocycles. The molecule has 2 N–H and O–H groups in total. The van der Waals surface area contributed by atoms with E-state index in [1.807, 2.05) is 43.3 Å². The average Bonchev–Trinajstić information content (AvgIpc) is 3.13. The van der Waals surface area contributed by atoms with Crippen molar-refractivity contribution in [1.29, 1.82) is 0 Å². The predicted octanol–water partition coefficient (Wildman–Crippen LogP) is 4.70. The molecule has 1 fully saturated rings. The highest BCUT2D eigenvalue weighted by molar-refractivity contribution is 6.28. The van der Waals surface area contributed by atoms with E-state index >= 15 is 0 Å². The SMILES string of the molecule is CN(C)c1nc(NC2CCC(CNCc3ccc(Cl)o3)CC2)nc2ccccc12. The number of nitrogens with one attached hydrogen (secondary N) is 2. The van der Waals surface area contributed by atoms with Gasteiger partial charge >= 0.3 is 0 Å². The largest absolute Gasteiger partial charge is 0.448 e. The second-order valence-corrected chi connectivity index (χ2v) is 8.35. The lowest BCUT2D eigenvalue weighted by molar-refractivity contribution is 0.319. The first kappa shape index (κ1) is 20.0. The fourth-order valence-corrected chi connectivity index (χ4v) is 4.17. The van der Waals surface area contributed by atoms with Gasteiger partial charge in [-0.3, -0.25) is 0 Å². The molecule has 154 valence electrons. The van der Waals surface area contributed by atoms with Crippen molar-refractivity contribution in [3.8, 4) is 0 Å².